The summed E-state index contributed by atoms with van der Waals surface area (Å²) in [7, 11) is -0.975. The molecule has 18 heavy (non-hydrogen) atoms. The highest BCUT2D eigenvalue weighted by molar-refractivity contribution is 7.84. The Hall–Kier alpha value is -1.27. The Morgan fingerprint density at radius 3 is 2.72 bits per heavy atom. The van der Waals surface area contributed by atoms with Crippen molar-refractivity contribution >= 4 is 16.5 Å². The number of rotatable bonds is 7. The van der Waals surface area contributed by atoms with Crippen LogP contribution in [0.5, 0.6) is 0 Å². The third kappa shape index (κ3) is 4.54. The monoisotopic (exact) mass is 270 g/mol. The molecule has 2 N–H and O–H groups in total. The Kier molecular flexibility index (Phi) is 5.94. The van der Waals surface area contributed by atoms with E-state index in [0.29, 0.717) is 30.0 Å². The number of benzene rings is 1. The van der Waals surface area contributed by atoms with Crippen molar-refractivity contribution in [3.63, 3.8) is 0 Å². The summed E-state index contributed by atoms with van der Waals surface area (Å²) >= 11 is 0. The van der Waals surface area contributed by atoms with Crippen molar-refractivity contribution in [1.82, 2.24) is 0 Å². The molecule has 1 aromatic rings. The van der Waals surface area contributed by atoms with Gasteiger partial charge in [-0.3, -0.25) is 14.3 Å². The van der Waals surface area contributed by atoms with Gasteiger partial charge in [-0.1, -0.05) is 25.1 Å². The highest BCUT2D eigenvalue weighted by atomic mass is 32.2. The van der Waals surface area contributed by atoms with Crippen LogP contribution in [0.3, 0.4) is 0 Å². The summed E-state index contributed by atoms with van der Waals surface area (Å²) in [5, 5.41) is 10.8. The van der Waals surface area contributed by atoms with Crippen molar-refractivity contribution in [2.75, 3.05) is 18.1 Å². The maximum absolute atomic E-state index is 11.8. The first kappa shape index (κ1) is 14.8. The molecule has 0 saturated carbocycles. The Bertz CT molecular complexity index is 437. The van der Waals surface area contributed by atoms with Gasteiger partial charge >= 0.3 is 0 Å². The molecule has 1 aromatic carbocycles. The van der Waals surface area contributed by atoms with Gasteiger partial charge in [0, 0.05) is 33.9 Å². The smallest absolute Gasteiger partial charge is 0.272 e. The molecule has 6 heteroatoms. The summed E-state index contributed by atoms with van der Waals surface area (Å²) in [6.07, 6.45) is 0.459. The van der Waals surface area contributed by atoms with Gasteiger partial charge in [-0.15, -0.1) is 0 Å². The molecule has 0 aliphatic rings. The zero-order valence-electron chi connectivity index (χ0n) is 10.4. The molecule has 0 fully saturated rings. The van der Waals surface area contributed by atoms with Crippen molar-refractivity contribution in [3.8, 4) is 0 Å². The van der Waals surface area contributed by atoms with E-state index < -0.39 is 15.7 Å². The molecule has 2 atom stereocenters. The number of nitrogens with two attached hydrogens (primary N) is 1. The predicted octanol–water partition coefficient (Wildman–Crippen LogP) is 1.48. The maximum Gasteiger partial charge on any atom is 0.272 e. The average Bonchev–Trinajstić information content (AvgIpc) is 2.36. The van der Waals surface area contributed by atoms with Gasteiger partial charge in [-0.2, -0.15) is 0 Å². The molecule has 1 rings (SSSR count). The second-order valence-corrected chi connectivity index (χ2v) is 5.91. The van der Waals surface area contributed by atoms with Crippen molar-refractivity contribution in [2.45, 2.75) is 13.3 Å². The van der Waals surface area contributed by atoms with Crippen molar-refractivity contribution in [2.24, 2.45) is 11.7 Å². The van der Waals surface area contributed by atoms with Crippen LogP contribution in [0.2, 0.25) is 0 Å². The van der Waals surface area contributed by atoms with E-state index >= 15 is 0 Å². The number of hydrogen-bond acceptors (Lipinski definition) is 4. The molecule has 2 unspecified atom stereocenters. The summed E-state index contributed by atoms with van der Waals surface area (Å²) in [5.41, 5.74) is 6.20. The molecule has 0 bridgehead atoms. The highest BCUT2D eigenvalue weighted by Gasteiger charge is 2.13. The molecule has 5 nitrogen and oxygen atoms in total. The van der Waals surface area contributed by atoms with Crippen LogP contribution in [0.25, 0.3) is 0 Å². The van der Waals surface area contributed by atoms with Gasteiger partial charge in [0.1, 0.15) is 0 Å². The average molecular weight is 270 g/mol. The normalized spacial score (nSPS) is 14.1. The first-order chi connectivity index (χ1) is 8.54. The fourth-order valence-electron chi connectivity index (χ4n) is 1.59. The fourth-order valence-corrected chi connectivity index (χ4v) is 2.98. The summed E-state index contributed by atoms with van der Waals surface area (Å²) < 4.78 is 11.8. The lowest BCUT2D eigenvalue weighted by Crippen LogP contribution is -2.19. The quantitative estimate of drug-likeness (QED) is 0.600. The zero-order chi connectivity index (χ0) is 13.5. The van der Waals surface area contributed by atoms with Gasteiger partial charge in [0.05, 0.1) is 4.92 Å². The Balaban J connectivity index is 2.58. The summed E-state index contributed by atoms with van der Waals surface area (Å²) in [6, 6.07) is 6.57. The van der Waals surface area contributed by atoms with E-state index in [2.05, 4.69) is 0 Å². The number of nitro benzene ring substituents is 1. The van der Waals surface area contributed by atoms with Crippen LogP contribution in [0.4, 0.5) is 5.69 Å². The van der Waals surface area contributed by atoms with Gasteiger partial charge in [-0.05, 0) is 18.9 Å². The largest absolute Gasteiger partial charge is 0.330 e. The minimum atomic E-state index is -0.975. The number of hydrogen-bond donors (Lipinski definition) is 1. The zero-order valence-corrected chi connectivity index (χ0v) is 11.2. The van der Waals surface area contributed by atoms with Crippen molar-refractivity contribution < 1.29 is 9.13 Å². The van der Waals surface area contributed by atoms with E-state index in [-0.39, 0.29) is 11.6 Å². The molecule has 0 aliphatic carbocycles. The van der Waals surface area contributed by atoms with E-state index in [4.69, 9.17) is 5.73 Å². The lowest BCUT2D eigenvalue weighted by molar-refractivity contribution is -0.385. The Morgan fingerprint density at radius 2 is 2.11 bits per heavy atom. The number of aryl methyl sites for hydroxylation is 1. The predicted molar refractivity (Wildman–Crippen MR) is 72.9 cm³/mol. The van der Waals surface area contributed by atoms with Gasteiger partial charge in [0.2, 0.25) is 0 Å². The Morgan fingerprint density at radius 1 is 1.44 bits per heavy atom. The lowest BCUT2D eigenvalue weighted by atomic mass is 10.1. The second-order valence-electron chi connectivity index (χ2n) is 4.29. The number of nitrogens with zero attached hydrogens (tertiary/aromatic N) is 1. The lowest BCUT2D eigenvalue weighted by Gasteiger charge is -2.08. The molecule has 0 aliphatic heterocycles. The topological polar surface area (TPSA) is 86.2 Å². The second kappa shape index (κ2) is 7.23. The van der Waals surface area contributed by atoms with Gasteiger partial charge in [-0.25, -0.2) is 0 Å². The van der Waals surface area contributed by atoms with Gasteiger partial charge in [0.25, 0.3) is 5.69 Å². The first-order valence-electron chi connectivity index (χ1n) is 5.82. The summed E-state index contributed by atoms with van der Waals surface area (Å²) in [5.74, 6) is 1.21. The van der Waals surface area contributed by atoms with E-state index in [1.807, 2.05) is 6.92 Å². The van der Waals surface area contributed by atoms with E-state index in [0.717, 1.165) is 0 Å². The van der Waals surface area contributed by atoms with Crippen LogP contribution in [-0.2, 0) is 17.2 Å². The summed E-state index contributed by atoms with van der Waals surface area (Å²) in [4.78, 5) is 10.4. The van der Waals surface area contributed by atoms with Crippen LogP contribution in [0.1, 0.15) is 12.5 Å². The van der Waals surface area contributed by atoms with Crippen LogP contribution in [0.15, 0.2) is 24.3 Å². The third-order valence-corrected chi connectivity index (χ3v) is 4.26. The SMILES string of the molecule is CC(CN)CS(=O)CCc1ccccc1[N+](=O)[O-]. The molecule has 0 radical (unpaired) electrons. The number of nitro groups is 1. The number of para-hydroxylation sites is 1. The molecule has 0 saturated heterocycles. The maximum atomic E-state index is 11.8. The molecule has 0 aromatic heterocycles. The van der Waals surface area contributed by atoms with Crippen LogP contribution >= 0.6 is 0 Å². The molecule has 0 heterocycles. The third-order valence-electron chi connectivity index (χ3n) is 2.66. The van der Waals surface area contributed by atoms with Gasteiger partial charge < -0.3 is 5.73 Å². The van der Waals surface area contributed by atoms with Crippen molar-refractivity contribution in [1.29, 1.82) is 0 Å². The molecular weight excluding hydrogens is 252 g/mol. The Labute approximate surface area is 109 Å². The van der Waals surface area contributed by atoms with E-state index in [1.54, 1.807) is 18.2 Å². The highest BCUT2D eigenvalue weighted by Crippen LogP contribution is 2.18. The standard InChI is InChI=1S/C12H18N2O3S/c1-10(8-13)9-18(17)7-6-11-4-2-3-5-12(11)14(15)16/h2-5,10H,6-9,13H2,1H3. The van der Waals surface area contributed by atoms with Crippen LogP contribution in [-0.4, -0.2) is 27.2 Å². The minimum absolute atomic E-state index is 0.0985. The van der Waals surface area contributed by atoms with E-state index in [9.17, 15) is 14.3 Å². The van der Waals surface area contributed by atoms with Crippen molar-refractivity contribution in [3.05, 3.63) is 39.9 Å². The molecule has 0 spiro atoms. The summed E-state index contributed by atoms with van der Waals surface area (Å²) in [6.45, 7) is 2.46. The first-order valence-corrected chi connectivity index (χ1v) is 7.30. The van der Waals surface area contributed by atoms with Crippen LogP contribution < -0.4 is 5.73 Å². The minimum Gasteiger partial charge on any atom is -0.330 e. The molecule has 0 amide bonds. The van der Waals surface area contributed by atoms with Gasteiger partial charge in [0.15, 0.2) is 0 Å². The van der Waals surface area contributed by atoms with Crippen LogP contribution in [0, 0.1) is 16.0 Å². The molecule has 100 valence electrons. The molecular formula is C12H18N2O3S. The fraction of sp³-hybridized carbons (Fsp3) is 0.500. The van der Waals surface area contributed by atoms with E-state index in [1.165, 1.54) is 6.07 Å².